The van der Waals surface area contributed by atoms with Gasteiger partial charge in [-0.3, -0.25) is 0 Å². The van der Waals surface area contributed by atoms with Crippen molar-refractivity contribution in [1.29, 1.82) is 0 Å². The maximum Gasteiger partial charge on any atom is 0.243 e. The highest BCUT2D eigenvalue weighted by molar-refractivity contribution is 7.89. The molecule has 0 aromatic heterocycles. The van der Waals surface area contributed by atoms with Gasteiger partial charge in [0, 0.05) is 24.2 Å². The second-order valence-corrected chi connectivity index (χ2v) is 9.36. The van der Waals surface area contributed by atoms with Gasteiger partial charge in [-0.1, -0.05) is 35.9 Å². The number of methoxy groups -OCH3 is 1. The van der Waals surface area contributed by atoms with Gasteiger partial charge in [0.15, 0.2) is 0 Å². The lowest BCUT2D eigenvalue weighted by atomic mass is 10.0. The Bertz CT molecular complexity index is 884. The van der Waals surface area contributed by atoms with E-state index in [1.165, 1.54) is 0 Å². The van der Waals surface area contributed by atoms with E-state index < -0.39 is 10.0 Å². The summed E-state index contributed by atoms with van der Waals surface area (Å²) in [6, 6.07) is 14.7. The molecule has 2 aromatic carbocycles. The Morgan fingerprint density at radius 1 is 1.00 bits per heavy atom. The minimum absolute atomic E-state index is 0.0443. The van der Waals surface area contributed by atoms with E-state index in [1.807, 2.05) is 30.3 Å². The van der Waals surface area contributed by atoms with Crippen LogP contribution in [0.4, 0.5) is 0 Å². The molecule has 0 amide bonds. The summed E-state index contributed by atoms with van der Waals surface area (Å²) in [6.07, 6.45) is 3.56. The number of hydrogen-bond acceptors (Lipinski definition) is 3. The van der Waals surface area contributed by atoms with E-state index in [0.29, 0.717) is 9.92 Å². The number of hydrogen-bond donors (Lipinski definition) is 0. The smallest absolute Gasteiger partial charge is 0.243 e. The van der Waals surface area contributed by atoms with Gasteiger partial charge in [-0.25, -0.2) is 8.42 Å². The van der Waals surface area contributed by atoms with Crippen molar-refractivity contribution in [3.8, 4) is 11.1 Å². The number of sulfonamides is 1. The van der Waals surface area contributed by atoms with Crippen LogP contribution in [0.25, 0.3) is 11.1 Å². The summed E-state index contributed by atoms with van der Waals surface area (Å²) in [5.41, 5.74) is 1.83. The number of benzene rings is 2. The SMILES string of the molecule is COC1CC2CCC(C1)N2S(=O)(=O)c1cccc(-c2ccc(Cl)cc2)c1. The second-order valence-electron chi connectivity index (χ2n) is 7.08. The van der Waals surface area contributed by atoms with Gasteiger partial charge in [0.1, 0.15) is 0 Å². The Hall–Kier alpha value is -1.40. The first kappa shape index (κ1) is 18.0. The van der Waals surface area contributed by atoms with Crippen LogP contribution in [-0.4, -0.2) is 38.0 Å². The number of rotatable bonds is 4. The van der Waals surface area contributed by atoms with Gasteiger partial charge in [0.25, 0.3) is 0 Å². The third-order valence-corrected chi connectivity index (χ3v) is 7.80. The number of halogens is 1. The quantitative estimate of drug-likeness (QED) is 0.778. The molecule has 2 saturated heterocycles. The van der Waals surface area contributed by atoms with Crippen molar-refractivity contribution < 1.29 is 13.2 Å². The molecule has 26 heavy (non-hydrogen) atoms. The molecule has 138 valence electrons. The van der Waals surface area contributed by atoms with Gasteiger partial charge < -0.3 is 4.74 Å². The highest BCUT2D eigenvalue weighted by Crippen LogP contribution is 2.41. The van der Waals surface area contributed by atoms with Gasteiger partial charge in [0.05, 0.1) is 11.0 Å². The number of nitrogens with zero attached hydrogens (tertiary/aromatic N) is 1. The van der Waals surface area contributed by atoms with Crippen molar-refractivity contribution in [2.45, 2.75) is 48.8 Å². The largest absolute Gasteiger partial charge is 0.381 e. The first-order chi connectivity index (χ1) is 12.5. The lowest BCUT2D eigenvalue weighted by Gasteiger charge is -2.37. The fourth-order valence-electron chi connectivity index (χ4n) is 4.27. The van der Waals surface area contributed by atoms with Crippen LogP contribution >= 0.6 is 11.6 Å². The van der Waals surface area contributed by atoms with E-state index in [4.69, 9.17) is 16.3 Å². The summed E-state index contributed by atoms with van der Waals surface area (Å²) in [7, 11) is -1.80. The van der Waals surface area contributed by atoms with Crippen molar-refractivity contribution in [1.82, 2.24) is 4.31 Å². The number of piperidine rings is 1. The summed E-state index contributed by atoms with van der Waals surface area (Å²) in [6.45, 7) is 0. The predicted octanol–water partition coefficient (Wildman–Crippen LogP) is 4.34. The molecule has 6 heteroatoms. The van der Waals surface area contributed by atoms with Crippen LogP contribution in [0.5, 0.6) is 0 Å². The number of fused-ring (bicyclic) bond motifs is 2. The van der Waals surface area contributed by atoms with Gasteiger partial charge in [0.2, 0.25) is 10.0 Å². The van der Waals surface area contributed by atoms with Crippen LogP contribution in [0.15, 0.2) is 53.4 Å². The zero-order chi connectivity index (χ0) is 18.3. The molecule has 0 saturated carbocycles. The summed E-state index contributed by atoms with van der Waals surface area (Å²) in [4.78, 5) is 0.359. The van der Waals surface area contributed by atoms with E-state index >= 15 is 0 Å². The molecule has 0 N–H and O–H groups in total. The Balaban J connectivity index is 1.67. The van der Waals surface area contributed by atoms with E-state index in [2.05, 4.69) is 0 Å². The fraction of sp³-hybridized carbons (Fsp3) is 0.400. The molecule has 4 nitrogen and oxygen atoms in total. The standard InChI is InChI=1S/C20H22ClNO3S/c1-25-19-12-17-9-10-18(13-19)22(17)26(23,24)20-4-2-3-15(11-20)14-5-7-16(21)8-6-14/h2-8,11,17-19H,9-10,12-13H2,1H3. The third kappa shape index (κ3) is 3.18. The fourth-order valence-corrected chi connectivity index (χ4v) is 6.33. The molecule has 2 aliphatic rings. The minimum Gasteiger partial charge on any atom is -0.381 e. The molecule has 2 heterocycles. The van der Waals surface area contributed by atoms with Gasteiger partial charge in [-0.2, -0.15) is 4.31 Å². The molecule has 2 bridgehead atoms. The van der Waals surface area contributed by atoms with E-state index in [0.717, 1.165) is 36.8 Å². The Labute approximate surface area is 159 Å². The van der Waals surface area contributed by atoms with Gasteiger partial charge in [-0.15, -0.1) is 0 Å². The lowest BCUT2D eigenvalue weighted by molar-refractivity contribution is 0.0349. The third-order valence-electron chi connectivity index (χ3n) is 5.54. The summed E-state index contributed by atoms with van der Waals surface area (Å²) in [5, 5.41) is 0.662. The van der Waals surface area contributed by atoms with Crippen molar-refractivity contribution in [2.75, 3.05) is 7.11 Å². The molecule has 2 unspecified atom stereocenters. The van der Waals surface area contributed by atoms with E-state index in [1.54, 1.807) is 29.6 Å². The second kappa shape index (κ2) is 6.97. The molecule has 2 aliphatic heterocycles. The molecular weight excluding hydrogens is 370 g/mol. The molecule has 2 atom stereocenters. The maximum absolute atomic E-state index is 13.3. The summed E-state index contributed by atoms with van der Waals surface area (Å²) in [5.74, 6) is 0. The molecule has 0 spiro atoms. The van der Waals surface area contributed by atoms with Crippen molar-refractivity contribution in [3.63, 3.8) is 0 Å². The zero-order valence-electron chi connectivity index (χ0n) is 14.6. The van der Waals surface area contributed by atoms with E-state index in [-0.39, 0.29) is 18.2 Å². The molecule has 0 radical (unpaired) electrons. The Morgan fingerprint density at radius 3 is 2.27 bits per heavy atom. The highest BCUT2D eigenvalue weighted by atomic mass is 35.5. The van der Waals surface area contributed by atoms with Crippen LogP contribution in [0.3, 0.4) is 0 Å². The van der Waals surface area contributed by atoms with Crippen LogP contribution < -0.4 is 0 Å². The van der Waals surface area contributed by atoms with Crippen LogP contribution in [0, 0.1) is 0 Å². The van der Waals surface area contributed by atoms with Crippen molar-refractivity contribution in [2.24, 2.45) is 0 Å². The monoisotopic (exact) mass is 391 g/mol. The first-order valence-electron chi connectivity index (χ1n) is 8.91. The Kier molecular flexibility index (Phi) is 4.82. The first-order valence-corrected chi connectivity index (χ1v) is 10.7. The maximum atomic E-state index is 13.3. The average molecular weight is 392 g/mol. The van der Waals surface area contributed by atoms with Crippen molar-refractivity contribution >= 4 is 21.6 Å². The molecule has 2 aromatic rings. The normalized spacial score (nSPS) is 26.2. The van der Waals surface area contributed by atoms with Gasteiger partial charge in [-0.05, 0) is 61.1 Å². The van der Waals surface area contributed by atoms with Crippen molar-refractivity contribution in [3.05, 3.63) is 53.6 Å². The molecular formula is C20H22ClNO3S. The summed E-state index contributed by atoms with van der Waals surface area (Å²) >= 11 is 5.95. The van der Waals surface area contributed by atoms with Crippen LogP contribution in [0.2, 0.25) is 5.02 Å². The average Bonchev–Trinajstić information content (AvgIpc) is 2.94. The van der Waals surface area contributed by atoms with Crippen LogP contribution in [0.1, 0.15) is 25.7 Å². The van der Waals surface area contributed by atoms with Crippen LogP contribution in [-0.2, 0) is 14.8 Å². The molecule has 4 rings (SSSR count). The molecule has 2 fully saturated rings. The lowest BCUT2D eigenvalue weighted by Crippen LogP contribution is -2.48. The number of ether oxygens (including phenoxy) is 1. The van der Waals surface area contributed by atoms with E-state index in [9.17, 15) is 8.42 Å². The topological polar surface area (TPSA) is 46.6 Å². The predicted molar refractivity (Wildman–Crippen MR) is 103 cm³/mol. The summed E-state index contributed by atoms with van der Waals surface area (Å²) < 4.78 is 33.9. The molecule has 0 aliphatic carbocycles. The minimum atomic E-state index is -3.52. The highest BCUT2D eigenvalue weighted by Gasteiger charge is 2.47. The Morgan fingerprint density at radius 2 is 1.65 bits per heavy atom. The van der Waals surface area contributed by atoms with Gasteiger partial charge >= 0.3 is 0 Å². The zero-order valence-corrected chi connectivity index (χ0v) is 16.2.